The van der Waals surface area contributed by atoms with E-state index in [9.17, 15) is 4.79 Å². The Morgan fingerprint density at radius 3 is 2.70 bits per heavy atom. The van der Waals surface area contributed by atoms with Crippen LogP contribution in [-0.4, -0.2) is 22.6 Å². The molecule has 0 saturated heterocycles. The number of ether oxygens (including phenoxy) is 1. The molecular formula is C15H21N3O2. The number of carbonyl (C=O) groups is 1. The van der Waals surface area contributed by atoms with Crippen LogP contribution in [0.2, 0.25) is 0 Å². The summed E-state index contributed by atoms with van der Waals surface area (Å²) in [6, 6.07) is 5.57. The van der Waals surface area contributed by atoms with Crippen LogP contribution in [0.25, 0.3) is 0 Å². The van der Waals surface area contributed by atoms with Crippen LogP contribution in [0, 0.1) is 11.3 Å². The first-order valence-corrected chi connectivity index (χ1v) is 6.64. The van der Waals surface area contributed by atoms with Gasteiger partial charge in [0, 0.05) is 18.7 Å². The lowest BCUT2D eigenvalue weighted by Crippen LogP contribution is -2.25. The number of carbonyl (C=O) groups excluding carboxylic acids is 1. The fourth-order valence-corrected chi connectivity index (χ4v) is 1.60. The number of nitriles is 1. The van der Waals surface area contributed by atoms with Crippen molar-refractivity contribution in [3.05, 3.63) is 23.9 Å². The second-order valence-corrected chi connectivity index (χ2v) is 5.71. The molecule has 1 N–H and O–H groups in total. The first-order chi connectivity index (χ1) is 9.30. The summed E-state index contributed by atoms with van der Waals surface area (Å²) in [6.07, 6.45) is 2.54. The van der Waals surface area contributed by atoms with E-state index in [1.54, 1.807) is 12.1 Å². The fraction of sp³-hybridized carbons (Fsp3) is 0.533. The van der Waals surface area contributed by atoms with E-state index in [1.165, 1.54) is 6.20 Å². The van der Waals surface area contributed by atoms with Gasteiger partial charge in [0.1, 0.15) is 17.5 Å². The number of anilines is 1. The molecule has 5 nitrogen and oxygen atoms in total. The predicted octanol–water partition coefficient (Wildman–Crippen LogP) is 2.88. The van der Waals surface area contributed by atoms with Gasteiger partial charge in [-0.15, -0.1) is 0 Å². The lowest BCUT2D eigenvalue weighted by atomic mass is 10.1. The van der Waals surface area contributed by atoms with Crippen molar-refractivity contribution in [2.75, 3.05) is 5.32 Å². The highest BCUT2D eigenvalue weighted by Gasteiger charge is 2.16. The van der Waals surface area contributed by atoms with Gasteiger partial charge in [0.05, 0.1) is 5.56 Å². The molecule has 1 rings (SSSR count). The van der Waals surface area contributed by atoms with Crippen LogP contribution < -0.4 is 5.32 Å². The zero-order valence-corrected chi connectivity index (χ0v) is 12.4. The van der Waals surface area contributed by atoms with Gasteiger partial charge in [0.25, 0.3) is 0 Å². The molecule has 0 aliphatic heterocycles. The SMILES string of the molecule is CC(CCC(=O)OC(C)(C)C)Nc1ccc(C#N)cn1. The number of pyridine rings is 1. The normalized spacial score (nSPS) is 12.3. The van der Waals surface area contributed by atoms with E-state index in [-0.39, 0.29) is 12.0 Å². The number of nitrogens with one attached hydrogen (secondary N) is 1. The first-order valence-electron chi connectivity index (χ1n) is 6.64. The maximum atomic E-state index is 11.6. The highest BCUT2D eigenvalue weighted by Crippen LogP contribution is 2.12. The molecule has 0 amide bonds. The van der Waals surface area contributed by atoms with Gasteiger partial charge >= 0.3 is 5.97 Å². The molecule has 1 aromatic rings. The van der Waals surface area contributed by atoms with Crippen molar-refractivity contribution in [2.24, 2.45) is 0 Å². The largest absolute Gasteiger partial charge is 0.460 e. The Labute approximate surface area is 120 Å². The van der Waals surface area contributed by atoms with E-state index in [0.29, 0.717) is 24.2 Å². The number of hydrogen-bond donors (Lipinski definition) is 1. The Bertz CT molecular complexity index is 483. The van der Waals surface area contributed by atoms with Crippen LogP contribution in [-0.2, 0) is 9.53 Å². The zero-order chi connectivity index (χ0) is 15.2. The molecule has 0 spiro atoms. The summed E-state index contributed by atoms with van der Waals surface area (Å²) in [5.74, 6) is 0.500. The van der Waals surface area contributed by atoms with Gasteiger partial charge in [0.2, 0.25) is 0 Å². The van der Waals surface area contributed by atoms with Crippen LogP contribution in [0.1, 0.15) is 46.1 Å². The minimum atomic E-state index is -0.442. The molecule has 0 saturated carbocycles. The summed E-state index contributed by atoms with van der Waals surface area (Å²) >= 11 is 0. The van der Waals surface area contributed by atoms with Gasteiger partial charge in [-0.25, -0.2) is 4.98 Å². The average Bonchev–Trinajstić information content (AvgIpc) is 2.35. The molecule has 20 heavy (non-hydrogen) atoms. The maximum Gasteiger partial charge on any atom is 0.306 e. The summed E-state index contributed by atoms with van der Waals surface area (Å²) in [7, 11) is 0. The van der Waals surface area contributed by atoms with Crippen molar-refractivity contribution in [2.45, 2.75) is 52.2 Å². The van der Waals surface area contributed by atoms with Crippen LogP contribution >= 0.6 is 0 Å². The minimum Gasteiger partial charge on any atom is -0.460 e. The number of aromatic nitrogens is 1. The smallest absolute Gasteiger partial charge is 0.306 e. The Morgan fingerprint density at radius 2 is 2.20 bits per heavy atom. The fourth-order valence-electron chi connectivity index (χ4n) is 1.60. The second-order valence-electron chi connectivity index (χ2n) is 5.71. The third-order valence-corrected chi connectivity index (χ3v) is 2.49. The van der Waals surface area contributed by atoms with Gasteiger partial charge in [-0.1, -0.05) is 0 Å². The van der Waals surface area contributed by atoms with E-state index in [0.717, 1.165) is 0 Å². The minimum absolute atomic E-state index is 0.1000. The predicted molar refractivity (Wildman–Crippen MR) is 77.1 cm³/mol. The zero-order valence-electron chi connectivity index (χ0n) is 12.4. The van der Waals surface area contributed by atoms with Crippen molar-refractivity contribution < 1.29 is 9.53 Å². The topological polar surface area (TPSA) is 75.0 Å². The maximum absolute atomic E-state index is 11.6. The number of esters is 1. The molecule has 0 radical (unpaired) electrons. The summed E-state index contributed by atoms with van der Waals surface area (Å²) in [5.41, 5.74) is 0.0829. The Hall–Kier alpha value is -2.09. The molecule has 1 unspecified atom stereocenters. The van der Waals surface area contributed by atoms with E-state index in [1.807, 2.05) is 33.8 Å². The van der Waals surface area contributed by atoms with Gasteiger partial charge in [-0.2, -0.15) is 5.26 Å². The molecule has 1 heterocycles. The number of nitrogens with zero attached hydrogens (tertiary/aromatic N) is 2. The summed E-state index contributed by atoms with van der Waals surface area (Å²) in [5, 5.41) is 11.9. The van der Waals surface area contributed by atoms with Crippen LogP contribution in [0.4, 0.5) is 5.82 Å². The number of rotatable bonds is 5. The van der Waals surface area contributed by atoms with Crippen LogP contribution in [0.15, 0.2) is 18.3 Å². The molecule has 0 aliphatic rings. The van der Waals surface area contributed by atoms with Crippen LogP contribution in [0.3, 0.4) is 0 Å². The van der Waals surface area contributed by atoms with Crippen molar-refractivity contribution in [3.8, 4) is 6.07 Å². The average molecular weight is 275 g/mol. The quantitative estimate of drug-likeness (QED) is 0.836. The van der Waals surface area contributed by atoms with E-state index in [2.05, 4.69) is 10.3 Å². The Balaban J connectivity index is 2.38. The van der Waals surface area contributed by atoms with Gasteiger partial charge in [0.15, 0.2) is 0 Å². The van der Waals surface area contributed by atoms with Gasteiger partial charge in [-0.05, 0) is 46.2 Å². The molecule has 0 fully saturated rings. The molecule has 0 aliphatic carbocycles. The monoisotopic (exact) mass is 275 g/mol. The third-order valence-electron chi connectivity index (χ3n) is 2.49. The van der Waals surface area contributed by atoms with Crippen molar-refractivity contribution in [3.63, 3.8) is 0 Å². The van der Waals surface area contributed by atoms with Crippen molar-refractivity contribution in [1.29, 1.82) is 5.26 Å². The molecule has 5 heteroatoms. The molecule has 1 atom stereocenters. The Morgan fingerprint density at radius 1 is 1.50 bits per heavy atom. The van der Waals surface area contributed by atoms with Gasteiger partial charge < -0.3 is 10.1 Å². The molecular weight excluding hydrogens is 254 g/mol. The summed E-state index contributed by atoms with van der Waals surface area (Å²) < 4.78 is 5.25. The van der Waals surface area contributed by atoms with E-state index < -0.39 is 5.60 Å². The van der Waals surface area contributed by atoms with Crippen LogP contribution in [0.5, 0.6) is 0 Å². The highest BCUT2D eigenvalue weighted by molar-refractivity contribution is 5.69. The molecule has 1 aromatic heterocycles. The van der Waals surface area contributed by atoms with Gasteiger partial charge in [-0.3, -0.25) is 4.79 Å². The second kappa shape index (κ2) is 6.90. The first kappa shape index (κ1) is 16.0. The third kappa shape index (κ3) is 6.19. The van der Waals surface area contributed by atoms with Crippen molar-refractivity contribution in [1.82, 2.24) is 4.98 Å². The lowest BCUT2D eigenvalue weighted by molar-refractivity contribution is -0.154. The van der Waals surface area contributed by atoms with E-state index in [4.69, 9.17) is 10.00 Å². The molecule has 0 bridgehead atoms. The molecule has 108 valence electrons. The molecule has 0 aromatic carbocycles. The Kier molecular flexibility index (Phi) is 5.51. The summed E-state index contributed by atoms with van der Waals surface area (Å²) in [4.78, 5) is 15.7. The standard InChI is InChI=1S/C15H21N3O2/c1-11(5-8-14(19)20-15(2,3)4)18-13-7-6-12(9-16)10-17-13/h6-7,10-11H,5,8H2,1-4H3,(H,17,18). The summed E-state index contributed by atoms with van der Waals surface area (Å²) in [6.45, 7) is 7.54. The van der Waals surface area contributed by atoms with E-state index >= 15 is 0 Å². The lowest BCUT2D eigenvalue weighted by Gasteiger charge is -2.20. The highest BCUT2D eigenvalue weighted by atomic mass is 16.6. The van der Waals surface area contributed by atoms with Crippen molar-refractivity contribution >= 4 is 11.8 Å². The number of hydrogen-bond acceptors (Lipinski definition) is 5.